The molecule has 86 valence electrons. The highest BCUT2D eigenvalue weighted by molar-refractivity contribution is 5.93. The van der Waals surface area contributed by atoms with Gasteiger partial charge in [-0.15, -0.1) is 0 Å². The van der Waals surface area contributed by atoms with Crippen LogP contribution in [-0.4, -0.2) is 16.9 Å². The van der Waals surface area contributed by atoms with Crippen LogP contribution in [0.15, 0.2) is 24.3 Å². The van der Waals surface area contributed by atoms with Gasteiger partial charge in [-0.1, -0.05) is 39.0 Å². The fourth-order valence-corrected chi connectivity index (χ4v) is 1.32. The van der Waals surface area contributed by atoms with E-state index in [0.29, 0.717) is 5.56 Å². The molecule has 0 spiro atoms. The van der Waals surface area contributed by atoms with Crippen LogP contribution in [-0.2, 0) is 11.2 Å². The second-order valence-electron chi connectivity index (χ2n) is 4.81. The van der Waals surface area contributed by atoms with Gasteiger partial charge in [0, 0.05) is 11.8 Å². The van der Waals surface area contributed by atoms with Crippen LogP contribution in [0.1, 0.15) is 36.7 Å². The first-order chi connectivity index (χ1) is 7.32. The number of rotatable bonds is 3. The molecule has 0 fully saturated rings. The van der Waals surface area contributed by atoms with Gasteiger partial charge in [0.1, 0.15) is 5.78 Å². The number of hydrogen-bond donors (Lipinski definition) is 1. The van der Waals surface area contributed by atoms with Gasteiger partial charge in [0.05, 0.1) is 5.56 Å². The lowest BCUT2D eigenvalue weighted by Crippen LogP contribution is -2.23. The first-order valence-electron chi connectivity index (χ1n) is 5.17. The Labute approximate surface area is 95.1 Å². The van der Waals surface area contributed by atoms with E-state index < -0.39 is 11.4 Å². The highest BCUT2D eigenvalue weighted by Crippen LogP contribution is 2.19. The first-order valence-corrected chi connectivity index (χ1v) is 5.17. The van der Waals surface area contributed by atoms with E-state index in [1.165, 1.54) is 6.07 Å². The predicted octanol–water partition coefficient (Wildman–Crippen LogP) is 2.54. The van der Waals surface area contributed by atoms with Gasteiger partial charge in [-0.2, -0.15) is 0 Å². The molecule has 0 atom stereocenters. The van der Waals surface area contributed by atoms with E-state index in [0.717, 1.165) is 0 Å². The number of hydrogen-bond acceptors (Lipinski definition) is 2. The van der Waals surface area contributed by atoms with Crippen molar-refractivity contribution in [3.63, 3.8) is 0 Å². The Hall–Kier alpha value is -1.64. The number of carboxylic acid groups (broad SMARTS) is 1. The van der Waals surface area contributed by atoms with E-state index >= 15 is 0 Å². The largest absolute Gasteiger partial charge is 0.478 e. The van der Waals surface area contributed by atoms with E-state index in [1.807, 2.05) is 20.8 Å². The molecule has 3 heteroatoms. The zero-order chi connectivity index (χ0) is 12.3. The summed E-state index contributed by atoms with van der Waals surface area (Å²) in [5.74, 6) is -0.946. The van der Waals surface area contributed by atoms with Crippen molar-refractivity contribution in [1.82, 2.24) is 0 Å². The van der Waals surface area contributed by atoms with Crippen molar-refractivity contribution in [2.24, 2.45) is 5.41 Å². The standard InChI is InChI=1S/C13H16O3/c1-13(2,3)11(14)8-9-6-4-5-7-10(9)12(15)16/h4-7H,8H2,1-3H3,(H,15,16). The third kappa shape index (κ3) is 2.92. The van der Waals surface area contributed by atoms with Crippen LogP contribution in [0.3, 0.4) is 0 Å². The molecule has 0 aromatic heterocycles. The average molecular weight is 220 g/mol. The van der Waals surface area contributed by atoms with Crippen molar-refractivity contribution >= 4 is 11.8 Å². The highest BCUT2D eigenvalue weighted by atomic mass is 16.4. The van der Waals surface area contributed by atoms with E-state index in [4.69, 9.17) is 5.11 Å². The Kier molecular flexibility index (Phi) is 3.48. The van der Waals surface area contributed by atoms with Crippen molar-refractivity contribution in [2.75, 3.05) is 0 Å². The molecule has 0 aliphatic heterocycles. The molecular formula is C13H16O3. The lowest BCUT2D eigenvalue weighted by molar-refractivity contribution is -0.125. The second-order valence-corrected chi connectivity index (χ2v) is 4.81. The summed E-state index contributed by atoms with van der Waals surface area (Å²) >= 11 is 0. The second kappa shape index (κ2) is 4.47. The summed E-state index contributed by atoms with van der Waals surface area (Å²) < 4.78 is 0. The number of carboxylic acids is 1. The molecule has 0 bridgehead atoms. The number of carbonyl (C=O) groups excluding carboxylic acids is 1. The summed E-state index contributed by atoms with van der Waals surface area (Å²) in [7, 11) is 0. The quantitative estimate of drug-likeness (QED) is 0.851. The maximum Gasteiger partial charge on any atom is 0.335 e. The molecule has 1 aromatic rings. The van der Waals surface area contributed by atoms with Crippen LogP contribution >= 0.6 is 0 Å². The summed E-state index contributed by atoms with van der Waals surface area (Å²) in [5, 5.41) is 8.97. The Morgan fingerprint density at radius 1 is 1.19 bits per heavy atom. The van der Waals surface area contributed by atoms with Gasteiger partial charge in [0.25, 0.3) is 0 Å². The molecule has 1 aromatic carbocycles. The first kappa shape index (κ1) is 12.4. The molecular weight excluding hydrogens is 204 g/mol. The SMILES string of the molecule is CC(C)(C)C(=O)Cc1ccccc1C(=O)O. The fraction of sp³-hybridized carbons (Fsp3) is 0.385. The monoisotopic (exact) mass is 220 g/mol. The minimum absolute atomic E-state index is 0.0428. The number of Topliss-reactive ketones (excluding diaryl/α,β-unsaturated/α-hetero) is 1. The maximum atomic E-state index is 11.8. The Morgan fingerprint density at radius 3 is 2.25 bits per heavy atom. The van der Waals surface area contributed by atoms with Gasteiger partial charge in [-0.25, -0.2) is 4.79 Å². The van der Waals surface area contributed by atoms with Crippen LogP contribution in [0, 0.1) is 5.41 Å². The molecule has 0 saturated heterocycles. The van der Waals surface area contributed by atoms with E-state index in [-0.39, 0.29) is 17.8 Å². The molecule has 0 amide bonds. The minimum Gasteiger partial charge on any atom is -0.478 e. The average Bonchev–Trinajstić information content (AvgIpc) is 2.16. The van der Waals surface area contributed by atoms with Crippen molar-refractivity contribution in [3.8, 4) is 0 Å². The number of ketones is 1. The van der Waals surface area contributed by atoms with Gasteiger partial charge < -0.3 is 5.11 Å². The molecule has 0 unspecified atom stereocenters. The van der Waals surface area contributed by atoms with Crippen LogP contribution in [0.4, 0.5) is 0 Å². The van der Waals surface area contributed by atoms with Gasteiger partial charge in [-0.05, 0) is 11.6 Å². The zero-order valence-corrected chi connectivity index (χ0v) is 9.78. The summed E-state index contributed by atoms with van der Waals surface area (Å²) in [6.45, 7) is 5.50. The number of carbonyl (C=O) groups is 2. The van der Waals surface area contributed by atoms with Crippen molar-refractivity contribution in [2.45, 2.75) is 27.2 Å². The summed E-state index contributed by atoms with van der Waals surface area (Å²) in [6.07, 6.45) is 0.173. The lowest BCUT2D eigenvalue weighted by atomic mass is 9.86. The van der Waals surface area contributed by atoms with Gasteiger partial charge in [-0.3, -0.25) is 4.79 Å². The Bertz CT molecular complexity index is 413. The molecule has 0 heterocycles. The van der Waals surface area contributed by atoms with Crippen molar-refractivity contribution in [3.05, 3.63) is 35.4 Å². The fourth-order valence-electron chi connectivity index (χ4n) is 1.32. The summed E-state index contributed by atoms with van der Waals surface area (Å²) in [4.78, 5) is 22.8. The lowest BCUT2D eigenvalue weighted by Gasteiger charge is -2.17. The Morgan fingerprint density at radius 2 is 1.75 bits per heavy atom. The van der Waals surface area contributed by atoms with Gasteiger partial charge in [0.2, 0.25) is 0 Å². The molecule has 0 aliphatic rings. The molecule has 0 radical (unpaired) electrons. The van der Waals surface area contributed by atoms with Crippen molar-refractivity contribution < 1.29 is 14.7 Å². The predicted molar refractivity (Wildman–Crippen MR) is 61.6 cm³/mol. The van der Waals surface area contributed by atoms with Gasteiger partial charge >= 0.3 is 5.97 Å². The smallest absolute Gasteiger partial charge is 0.335 e. The van der Waals surface area contributed by atoms with Crippen LogP contribution in [0.25, 0.3) is 0 Å². The highest BCUT2D eigenvalue weighted by Gasteiger charge is 2.22. The molecule has 1 N–H and O–H groups in total. The summed E-state index contributed by atoms with van der Waals surface area (Å²) in [6, 6.07) is 6.62. The minimum atomic E-state index is -0.989. The van der Waals surface area contributed by atoms with Crippen LogP contribution in [0.5, 0.6) is 0 Å². The zero-order valence-electron chi connectivity index (χ0n) is 9.78. The number of benzene rings is 1. The third-order valence-electron chi connectivity index (χ3n) is 2.44. The molecule has 3 nitrogen and oxygen atoms in total. The molecule has 0 aliphatic carbocycles. The Balaban J connectivity index is 2.98. The van der Waals surface area contributed by atoms with E-state index in [1.54, 1.807) is 18.2 Å². The topological polar surface area (TPSA) is 54.4 Å². The molecule has 1 rings (SSSR count). The van der Waals surface area contributed by atoms with Crippen LogP contribution in [0.2, 0.25) is 0 Å². The third-order valence-corrected chi connectivity index (χ3v) is 2.44. The van der Waals surface area contributed by atoms with Crippen LogP contribution < -0.4 is 0 Å². The molecule has 0 saturated carbocycles. The normalized spacial score (nSPS) is 11.2. The summed E-state index contributed by atoms with van der Waals surface area (Å²) in [5.41, 5.74) is 0.348. The van der Waals surface area contributed by atoms with E-state index in [2.05, 4.69) is 0 Å². The van der Waals surface area contributed by atoms with Gasteiger partial charge in [0.15, 0.2) is 0 Å². The van der Waals surface area contributed by atoms with E-state index in [9.17, 15) is 9.59 Å². The maximum absolute atomic E-state index is 11.8. The molecule has 16 heavy (non-hydrogen) atoms. The number of aromatic carboxylic acids is 1. The van der Waals surface area contributed by atoms with Crippen molar-refractivity contribution in [1.29, 1.82) is 0 Å².